The van der Waals surface area contributed by atoms with Crippen LogP contribution in [-0.2, 0) is 11.3 Å². The van der Waals surface area contributed by atoms with Gasteiger partial charge in [-0.15, -0.1) is 0 Å². The van der Waals surface area contributed by atoms with Gasteiger partial charge in [0.1, 0.15) is 0 Å². The quantitative estimate of drug-likeness (QED) is 0.748. The van der Waals surface area contributed by atoms with E-state index in [2.05, 4.69) is 54.4 Å². The van der Waals surface area contributed by atoms with Crippen LogP contribution in [0.2, 0.25) is 5.02 Å². The van der Waals surface area contributed by atoms with Crippen molar-refractivity contribution in [3.63, 3.8) is 0 Å². The van der Waals surface area contributed by atoms with E-state index < -0.39 is 0 Å². The molecule has 3 nitrogen and oxygen atoms in total. The molecular weight excluding hydrogens is 356 g/mol. The maximum absolute atomic E-state index is 12.9. The van der Waals surface area contributed by atoms with Gasteiger partial charge in [0, 0.05) is 18.1 Å². The zero-order chi connectivity index (χ0) is 19.2. The third kappa shape index (κ3) is 5.33. The summed E-state index contributed by atoms with van der Waals surface area (Å²) in [4.78, 5) is 15.3. The van der Waals surface area contributed by atoms with Crippen molar-refractivity contribution < 1.29 is 4.79 Å². The molecule has 4 heteroatoms. The van der Waals surface area contributed by atoms with Crippen LogP contribution in [0.25, 0.3) is 0 Å². The highest BCUT2D eigenvalue weighted by molar-refractivity contribution is 6.31. The van der Waals surface area contributed by atoms with Crippen LogP contribution in [0.4, 0.5) is 0 Å². The molecule has 0 unspecified atom stereocenters. The Morgan fingerprint density at radius 3 is 2.67 bits per heavy atom. The van der Waals surface area contributed by atoms with Crippen LogP contribution in [0.3, 0.4) is 0 Å². The van der Waals surface area contributed by atoms with Gasteiger partial charge in [-0.1, -0.05) is 66.6 Å². The summed E-state index contributed by atoms with van der Waals surface area (Å²) >= 11 is 6.30. The summed E-state index contributed by atoms with van der Waals surface area (Å²) in [6, 6.07) is 16.5. The lowest BCUT2D eigenvalue weighted by molar-refractivity contribution is -0.127. The molecule has 1 aliphatic rings. The van der Waals surface area contributed by atoms with Gasteiger partial charge in [-0.05, 0) is 49.9 Å². The van der Waals surface area contributed by atoms with Crippen molar-refractivity contribution in [1.29, 1.82) is 0 Å². The summed E-state index contributed by atoms with van der Waals surface area (Å²) in [7, 11) is 0. The monoisotopic (exact) mass is 384 g/mol. The topological polar surface area (TPSA) is 32.3 Å². The normalized spacial score (nSPS) is 18.9. The number of carbonyl (C=O) groups excluding carboxylic acids is 1. The zero-order valence-electron chi connectivity index (χ0n) is 16.2. The minimum atomic E-state index is 0.0423. The number of likely N-dealkylation sites (tertiary alicyclic amines) is 1. The van der Waals surface area contributed by atoms with Crippen LogP contribution >= 0.6 is 11.6 Å². The van der Waals surface area contributed by atoms with Gasteiger partial charge in [0.15, 0.2) is 0 Å². The summed E-state index contributed by atoms with van der Waals surface area (Å²) in [6.07, 6.45) is 2.89. The first-order valence-electron chi connectivity index (χ1n) is 9.89. The Bertz CT molecular complexity index is 759. The van der Waals surface area contributed by atoms with Gasteiger partial charge in [0.05, 0.1) is 12.0 Å². The highest BCUT2D eigenvalue weighted by atomic mass is 35.5. The Balaban J connectivity index is 1.60. The number of nitrogens with one attached hydrogen (secondary N) is 1. The van der Waals surface area contributed by atoms with E-state index in [9.17, 15) is 4.79 Å². The number of piperidine rings is 1. The van der Waals surface area contributed by atoms with E-state index in [4.69, 9.17) is 11.6 Å². The van der Waals surface area contributed by atoms with Gasteiger partial charge < -0.3 is 5.32 Å². The first kappa shape index (κ1) is 19.9. The van der Waals surface area contributed by atoms with Crippen LogP contribution in [0.5, 0.6) is 0 Å². The molecule has 0 radical (unpaired) electrons. The van der Waals surface area contributed by atoms with E-state index in [0.717, 1.165) is 49.5 Å². The van der Waals surface area contributed by atoms with Crippen molar-refractivity contribution in [2.75, 3.05) is 13.1 Å². The molecule has 1 aliphatic heterocycles. The number of nitrogens with zero attached hydrogens (tertiary/aromatic N) is 1. The largest absolute Gasteiger partial charge is 0.349 e. The summed E-state index contributed by atoms with van der Waals surface area (Å²) < 4.78 is 0. The number of benzene rings is 2. The molecule has 1 fully saturated rings. The lowest BCUT2D eigenvalue weighted by atomic mass is 9.95. The van der Waals surface area contributed by atoms with E-state index in [-0.39, 0.29) is 17.9 Å². The number of hydrogen-bond donors (Lipinski definition) is 1. The van der Waals surface area contributed by atoms with Gasteiger partial charge in [-0.25, -0.2) is 0 Å². The second kappa shape index (κ2) is 9.38. The third-order valence-corrected chi connectivity index (χ3v) is 5.80. The van der Waals surface area contributed by atoms with Crippen molar-refractivity contribution >= 4 is 17.5 Å². The molecular formula is C23H29ClN2O. The molecule has 27 heavy (non-hydrogen) atoms. The van der Waals surface area contributed by atoms with E-state index in [0.29, 0.717) is 0 Å². The number of carbonyl (C=O) groups is 1. The Morgan fingerprint density at radius 1 is 1.22 bits per heavy atom. The number of hydrogen-bond acceptors (Lipinski definition) is 2. The molecule has 2 atom stereocenters. The Hall–Kier alpha value is -1.84. The van der Waals surface area contributed by atoms with Crippen LogP contribution in [0.1, 0.15) is 48.9 Å². The van der Waals surface area contributed by atoms with Crippen molar-refractivity contribution in [3.8, 4) is 0 Å². The molecule has 2 aromatic rings. The first-order chi connectivity index (χ1) is 13.1. The number of halogens is 1. The minimum absolute atomic E-state index is 0.0423. The van der Waals surface area contributed by atoms with Crippen LogP contribution in [-0.4, -0.2) is 23.9 Å². The van der Waals surface area contributed by atoms with Crippen molar-refractivity contribution in [1.82, 2.24) is 10.2 Å². The van der Waals surface area contributed by atoms with E-state index in [1.165, 1.54) is 11.1 Å². The number of rotatable bonds is 6. The smallest absolute Gasteiger partial charge is 0.224 e. The molecule has 1 saturated heterocycles. The Labute approximate surface area is 167 Å². The van der Waals surface area contributed by atoms with Crippen LogP contribution in [0.15, 0.2) is 48.5 Å². The third-order valence-electron chi connectivity index (χ3n) is 5.43. The number of aryl methyl sites for hydroxylation is 1. The predicted octanol–water partition coefficient (Wildman–Crippen LogP) is 5.13. The highest BCUT2D eigenvalue weighted by Gasteiger charge is 2.27. The van der Waals surface area contributed by atoms with E-state index in [1.54, 1.807) is 0 Å². The maximum Gasteiger partial charge on any atom is 0.224 e. The fourth-order valence-electron chi connectivity index (χ4n) is 3.79. The van der Waals surface area contributed by atoms with E-state index >= 15 is 0 Å². The van der Waals surface area contributed by atoms with Gasteiger partial charge in [-0.3, -0.25) is 9.69 Å². The highest BCUT2D eigenvalue weighted by Crippen LogP contribution is 2.24. The molecule has 1 heterocycles. The Morgan fingerprint density at radius 2 is 1.96 bits per heavy atom. The first-order valence-corrected chi connectivity index (χ1v) is 10.3. The lowest BCUT2D eigenvalue weighted by Crippen LogP contribution is -2.43. The zero-order valence-corrected chi connectivity index (χ0v) is 17.0. The van der Waals surface area contributed by atoms with Gasteiger partial charge in [0.2, 0.25) is 5.91 Å². The SMILES string of the molecule is CC[C@@H](NC(=O)[C@@H]1CCCN(Cc2ccccc2Cl)C1)c1ccc(C)cc1. The molecule has 2 aromatic carbocycles. The molecule has 0 saturated carbocycles. The number of amides is 1. The summed E-state index contributed by atoms with van der Waals surface area (Å²) in [6.45, 7) is 6.82. The van der Waals surface area contributed by atoms with Crippen molar-refractivity contribution in [2.45, 2.75) is 45.7 Å². The standard InChI is InChI=1S/C23H29ClN2O/c1-3-22(18-12-10-17(2)11-13-18)25-23(27)20-8-6-14-26(16-20)15-19-7-4-5-9-21(19)24/h4-5,7,9-13,20,22H,3,6,8,14-16H2,1-2H3,(H,25,27)/t20-,22-/m1/s1. The van der Waals surface area contributed by atoms with Gasteiger partial charge in [0.25, 0.3) is 0 Å². The summed E-state index contributed by atoms with van der Waals surface area (Å²) in [5, 5.41) is 4.08. The van der Waals surface area contributed by atoms with Crippen LogP contribution in [0, 0.1) is 12.8 Å². The fourth-order valence-corrected chi connectivity index (χ4v) is 3.99. The second-order valence-corrected chi connectivity index (χ2v) is 7.95. The van der Waals surface area contributed by atoms with Gasteiger partial charge >= 0.3 is 0 Å². The van der Waals surface area contributed by atoms with Gasteiger partial charge in [-0.2, -0.15) is 0 Å². The molecule has 144 valence electrons. The second-order valence-electron chi connectivity index (χ2n) is 7.55. The molecule has 0 bridgehead atoms. The molecule has 0 aliphatic carbocycles. The van der Waals surface area contributed by atoms with Crippen molar-refractivity contribution in [2.24, 2.45) is 5.92 Å². The predicted molar refractivity (Wildman–Crippen MR) is 112 cm³/mol. The molecule has 1 N–H and O–H groups in total. The molecule has 0 aromatic heterocycles. The Kier molecular flexibility index (Phi) is 6.92. The van der Waals surface area contributed by atoms with Crippen LogP contribution < -0.4 is 5.32 Å². The fraction of sp³-hybridized carbons (Fsp3) is 0.435. The van der Waals surface area contributed by atoms with Crippen molar-refractivity contribution in [3.05, 3.63) is 70.2 Å². The summed E-state index contributed by atoms with van der Waals surface area (Å²) in [5.74, 6) is 0.215. The minimum Gasteiger partial charge on any atom is -0.349 e. The molecule has 0 spiro atoms. The molecule has 1 amide bonds. The summed E-state index contributed by atoms with van der Waals surface area (Å²) in [5.41, 5.74) is 3.55. The average Bonchev–Trinajstić information content (AvgIpc) is 2.69. The average molecular weight is 385 g/mol. The maximum atomic E-state index is 12.9. The van der Waals surface area contributed by atoms with E-state index in [1.807, 2.05) is 18.2 Å². The molecule has 3 rings (SSSR count). The lowest BCUT2D eigenvalue weighted by Gasteiger charge is -2.33.